The van der Waals surface area contributed by atoms with E-state index in [1.807, 2.05) is 0 Å². The van der Waals surface area contributed by atoms with Crippen molar-refractivity contribution in [2.75, 3.05) is 6.61 Å². The Morgan fingerprint density at radius 2 is 1.61 bits per heavy atom. The Bertz CT molecular complexity index is 1530. The summed E-state index contributed by atoms with van der Waals surface area (Å²) in [6, 6.07) is 0. The molecule has 5 N–H and O–H groups in total. The predicted octanol–water partition coefficient (Wildman–Crippen LogP) is 3.93. The number of aliphatic hydroxyl groups excluding tert-OH is 5. The van der Waals surface area contributed by atoms with Crippen molar-refractivity contribution in [2.45, 2.75) is 193 Å². The molecule has 0 radical (unpaired) electrons. The molecule has 7 aliphatic rings. The Labute approximate surface area is 331 Å². The molecule has 18 atom stereocenters. The fraction of sp³-hybridized carbons (Fsp3) is 0.907. The van der Waals surface area contributed by atoms with E-state index in [4.69, 9.17) is 28.4 Å². The number of cyclic esters (lactones) is 1. The number of hydrogen-bond donors (Lipinski definition) is 5. The molecule has 3 aliphatic heterocycles. The average Bonchev–Trinajstić information content (AvgIpc) is 3.55. The molecule has 13 heteroatoms. The molecular formula is C43H68O13. The molecule has 1 spiro atoms. The van der Waals surface area contributed by atoms with Crippen LogP contribution in [-0.4, -0.2) is 117 Å². The number of ether oxygens (including phenoxy) is 6. The van der Waals surface area contributed by atoms with Crippen molar-refractivity contribution in [3.05, 3.63) is 11.6 Å². The van der Waals surface area contributed by atoms with Gasteiger partial charge in [-0.3, -0.25) is 9.59 Å². The number of carbonyl (C=O) groups excluding carboxylic acids is 2. The number of allylic oxidation sites excluding steroid dienone is 2. The minimum Gasteiger partial charge on any atom is -0.462 e. The normalized spacial score (nSPS) is 50.2. The summed E-state index contributed by atoms with van der Waals surface area (Å²) in [6.07, 6.45) is -2.89. The van der Waals surface area contributed by atoms with E-state index >= 15 is 0 Å². The van der Waals surface area contributed by atoms with Crippen LogP contribution >= 0.6 is 0 Å². The number of esters is 2. The van der Waals surface area contributed by atoms with Crippen LogP contribution in [0.25, 0.3) is 0 Å². The molecule has 0 aromatic heterocycles. The van der Waals surface area contributed by atoms with Crippen molar-refractivity contribution in [3.8, 4) is 0 Å². The Morgan fingerprint density at radius 3 is 2.29 bits per heavy atom. The minimum absolute atomic E-state index is 0.0295. The van der Waals surface area contributed by atoms with E-state index in [2.05, 4.69) is 54.5 Å². The Balaban J connectivity index is 1.11. The van der Waals surface area contributed by atoms with Crippen LogP contribution < -0.4 is 0 Å². The van der Waals surface area contributed by atoms with Crippen LogP contribution in [0, 0.1) is 45.3 Å². The average molecular weight is 793 g/mol. The lowest BCUT2D eigenvalue weighted by molar-refractivity contribution is -0.363. The number of aliphatic hydroxyl groups is 5. The van der Waals surface area contributed by atoms with Gasteiger partial charge in [0.2, 0.25) is 0 Å². The second kappa shape index (κ2) is 14.8. The first-order chi connectivity index (χ1) is 26.1. The molecule has 0 aromatic carbocycles. The SMILES string of the molecule is CC(=O)OC(CC(C)C)C[C@]1(C)OC(=O)C23CC[C@H]4C(=CC[C@H]5C(C)(C)[C@@H](O[C@@H]6OC[C@@H](O)[C@H](O)[C@H]6O[C@@H]6O[C@H](C)[C@@H](O)[C@H](O)[C@H]6O)CC[C@]45C)[C@]2(C)CCC31. The highest BCUT2D eigenvalue weighted by Gasteiger charge is 2.76. The fourth-order valence-electron chi connectivity index (χ4n) is 13.4. The monoisotopic (exact) mass is 792 g/mol. The molecule has 4 aliphatic carbocycles. The Morgan fingerprint density at radius 1 is 0.893 bits per heavy atom. The van der Waals surface area contributed by atoms with Gasteiger partial charge in [-0.15, -0.1) is 0 Å². The zero-order valence-electron chi connectivity index (χ0n) is 34.8. The van der Waals surface area contributed by atoms with E-state index in [9.17, 15) is 35.1 Å². The third-order valence-corrected chi connectivity index (χ3v) is 16.1. The van der Waals surface area contributed by atoms with Crippen LogP contribution in [0.4, 0.5) is 0 Å². The predicted molar refractivity (Wildman–Crippen MR) is 201 cm³/mol. The molecule has 7 rings (SSSR count). The van der Waals surface area contributed by atoms with E-state index in [-0.39, 0.29) is 64.8 Å². The quantitative estimate of drug-likeness (QED) is 0.167. The van der Waals surface area contributed by atoms with E-state index in [0.29, 0.717) is 25.2 Å². The molecule has 318 valence electrons. The first-order valence-corrected chi connectivity index (χ1v) is 21.2. The van der Waals surface area contributed by atoms with Crippen LogP contribution in [0.5, 0.6) is 0 Å². The Hall–Kier alpha value is -1.68. The van der Waals surface area contributed by atoms with Crippen LogP contribution in [0.1, 0.15) is 120 Å². The second-order valence-corrected chi connectivity index (χ2v) is 20.2. The van der Waals surface area contributed by atoms with E-state index in [0.717, 1.165) is 38.5 Å². The minimum atomic E-state index is -1.60. The largest absolute Gasteiger partial charge is 0.462 e. The zero-order chi connectivity index (χ0) is 40.9. The molecule has 3 heterocycles. The van der Waals surface area contributed by atoms with Crippen LogP contribution in [0.2, 0.25) is 0 Å². The lowest BCUT2D eigenvalue weighted by Gasteiger charge is -2.64. The van der Waals surface area contributed by atoms with Crippen molar-refractivity contribution in [3.63, 3.8) is 0 Å². The highest BCUT2D eigenvalue weighted by Crippen LogP contribution is 2.76. The number of fused-ring (bicyclic) bond motifs is 4. The van der Waals surface area contributed by atoms with Gasteiger partial charge in [0.15, 0.2) is 12.6 Å². The summed E-state index contributed by atoms with van der Waals surface area (Å²) in [5, 5.41) is 52.9. The van der Waals surface area contributed by atoms with Crippen molar-refractivity contribution in [1.82, 2.24) is 0 Å². The van der Waals surface area contributed by atoms with Gasteiger partial charge >= 0.3 is 11.9 Å². The molecule has 0 amide bonds. The molecule has 6 fully saturated rings. The summed E-state index contributed by atoms with van der Waals surface area (Å²) in [4.78, 5) is 26.5. The maximum atomic E-state index is 14.4. The lowest BCUT2D eigenvalue weighted by atomic mass is 9.41. The molecule has 56 heavy (non-hydrogen) atoms. The van der Waals surface area contributed by atoms with E-state index in [1.165, 1.54) is 12.5 Å². The second-order valence-electron chi connectivity index (χ2n) is 20.2. The molecule has 0 bridgehead atoms. The summed E-state index contributed by atoms with van der Waals surface area (Å²) >= 11 is 0. The number of hydrogen-bond acceptors (Lipinski definition) is 13. The third kappa shape index (κ3) is 6.53. The maximum Gasteiger partial charge on any atom is 0.313 e. The van der Waals surface area contributed by atoms with Gasteiger partial charge in [0.05, 0.1) is 24.2 Å². The van der Waals surface area contributed by atoms with E-state index < -0.39 is 66.3 Å². The number of rotatable bonds is 9. The van der Waals surface area contributed by atoms with Gasteiger partial charge in [-0.1, -0.05) is 53.2 Å². The molecule has 0 aromatic rings. The van der Waals surface area contributed by atoms with Gasteiger partial charge in [-0.2, -0.15) is 0 Å². The van der Waals surface area contributed by atoms with Crippen molar-refractivity contribution < 1.29 is 63.5 Å². The highest BCUT2D eigenvalue weighted by atomic mass is 16.8. The summed E-state index contributed by atoms with van der Waals surface area (Å²) in [5.41, 5.74) is -0.730. The van der Waals surface area contributed by atoms with Gasteiger partial charge in [-0.25, -0.2) is 0 Å². The Kier molecular flexibility index (Phi) is 11.2. The van der Waals surface area contributed by atoms with E-state index in [1.54, 1.807) is 6.92 Å². The smallest absolute Gasteiger partial charge is 0.313 e. The molecular weight excluding hydrogens is 724 g/mol. The third-order valence-electron chi connectivity index (χ3n) is 16.1. The molecule has 3 saturated carbocycles. The summed E-state index contributed by atoms with van der Waals surface area (Å²) in [6.45, 7) is 18.3. The van der Waals surface area contributed by atoms with Crippen molar-refractivity contribution >= 4 is 11.9 Å². The fourth-order valence-corrected chi connectivity index (χ4v) is 13.4. The summed E-state index contributed by atoms with van der Waals surface area (Å²) in [7, 11) is 0. The van der Waals surface area contributed by atoms with Gasteiger partial charge in [0.1, 0.15) is 48.3 Å². The standard InChI is InChI=1S/C43H68O13/c1-21(2)18-24(53-23(4)44)19-42(9)29-13-16-41(8)26-10-11-28-39(5,6)30(14-15-40(28,7)25(26)12-17-43(29,41)38(50)56-42)54-37-35(32(47)27(45)20-51-37)55-36-34(49)33(48)31(46)22(3)52-36/h10,21-22,24-25,27-37,45-49H,11-20H2,1-9H3/t22-,24?,25+,27-,28+,29?,30+,31-,32+,33+,34-,35-,36+,37+,40-,41+,42+,43?/m1/s1. The van der Waals surface area contributed by atoms with Gasteiger partial charge < -0.3 is 54.0 Å². The highest BCUT2D eigenvalue weighted by molar-refractivity contribution is 5.83. The van der Waals surface area contributed by atoms with Gasteiger partial charge in [0.25, 0.3) is 0 Å². The van der Waals surface area contributed by atoms with Crippen LogP contribution in [0.3, 0.4) is 0 Å². The number of carbonyl (C=O) groups is 2. The first-order valence-electron chi connectivity index (χ1n) is 21.2. The van der Waals surface area contributed by atoms with Gasteiger partial charge in [-0.05, 0) is 93.8 Å². The summed E-state index contributed by atoms with van der Waals surface area (Å²) < 4.78 is 36.7. The lowest BCUT2D eigenvalue weighted by Crippen LogP contribution is -2.63. The maximum absolute atomic E-state index is 14.4. The van der Waals surface area contributed by atoms with Crippen LogP contribution in [0.15, 0.2) is 11.6 Å². The van der Waals surface area contributed by atoms with Crippen molar-refractivity contribution in [1.29, 1.82) is 0 Å². The first kappa shape index (κ1) is 42.4. The zero-order valence-corrected chi connectivity index (χ0v) is 34.8. The molecule has 3 saturated heterocycles. The molecule has 3 unspecified atom stereocenters. The summed E-state index contributed by atoms with van der Waals surface area (Å²) in [5.74, 6) is 0.448. The topological polar surface area (TPSA) is 191 Å². The molecule has 13 nitrogen and oxygen atoms in total. The van der Waals surface area contributed by atoms with Crippen LogP contribution in [-0.2, 0) is 38.0 Å². The van der Waals surface area contributed by atoms with Crippen molar-refractivity contribution in [2.24, 2.45) is 45.3 Å². The van der Waals surface area contributed by atoms with Gasteiger partial charge in [0, 0.05) is 24.7 Å².